The quantitative estimate of drug-likeness (QED) is 0.837. The van der Waals surface area contributed by atoms with Crippen molar-refractivity contribution in [1.29, 1.82) is 0 Å². The summed E-state index contributed by atoms with van der Waals surface area (Å²) in [6.45, 7) is 3.07. The first-order valence-corrected chi connectivity index (χ1v) is 8.66. The summed E-state index contributed by atoms with van der Waals surface area (Å²) < 4.78 is 16.4. The number of benzene rings is 1. The predicted molar refractivity (Wildman–Crippen MR) is 90.7 cm³/mol. The van der Waals surface area contributed by atoms with Gasteiger partial charge in [0.2, 0.25) is 5.91 Å². The molecule has 3 N–H and O–H groups in total. The molecule has 2 aliphatic heterocycles. The van der Waals surface area contributed by atoms with Crippen LogP contribution in [0.25, 0.3) is 0 Å². The van der Waals surface area contributed by atoms with E-state index in [9.17, 15) is 4.79 Å². The monoisotopic (exact) mass is 354 g/mol. The van der Waals surface area contributed by atoms with Gasteiger partial charge < -0.3 is 25.3 Å². The van der Waals surface area contributed by atoms with Crippen LogP contribution in [0.3, 0.4) is 0 Å². The zero-order valence-corrected chi connectivity index (χ0v) is 14.4. The van der Waals surface area contributed by atoms with Crippen LogP contribution in [0.2, 0.25) is 5.02 Å². The lowest BCUT2D eigenvalue weighted by Gasteiger charge is -2.34. The molecule has 1 saturated heterocycles. The SMILES string of the molecule is NCC1(C(=O)NCCc2cc(Cl)c3c(c2)OCCO3)CCOCC1. The number of hydrogen-bond donors (Lipinski definition) is 2. The number of halogens is 1. The van der Waals surface area contributed by atoms with E-state index in [1.54, 1.807) is 0 Å². The van der Waals surface area contributed by atoms with E-state index < -0.39 is 5.41 Å². The zero-order valence-electron chi connectivity index (χ0n) is 13.6. The van der Waals surface area contributed by atoms with Gasteiger partial charge in [0.05, 0.1) is 10.4 Å². The second-order valence-electron chi connectivity index (χ2n) is 6.20. The molecule has 24 heavy (non-hydrogen) atoms. The average molecular weight is 355 g/mol. The van der Waals surface area contributed by atoms with Crippen LogP contribution in [0.4, 0.5) is 0 Å². The molecule has 0 unspecified atom stereocenters. The van der Waals surface area contributed by atoms with Crippen LogP contribution in [0.15, 0.2) is 12.1 Å². The predicted octanol–water partition coefficient (Wildman–Crippen LogP) is 1.53. The number of hydrogen-bond acceptors (Lipinski definition) is 5. The van der Waals surface area contributed by atoms with Gasteiger partial charge in [-0.05, 0) is 37.0 Å². The molecule has 0 bridgehead atoms. The number of amides is 1. The largest absolute Gasteiger partial charge is 0.486 e. The highest BCUT2D eigenvalue weighted by atomic mass is 35.5. The Balaban J connectivity index is 1.58. The molecule has 1 fully saturated rings. The number of rotatable bonds is 5. The van der Waals surface area contributed by atoms with Crippen LogP contribution in [-0.4, -0.2) is 45.4 Å². The second kappa shape index (κ2) is 7.59. The summed E-state index contributed by atoms with van der Waals surface area (Å²) in [6.07, 6.45) is 2.01. The third kappa shape index (κ3) is 3.61. The highest BCUT2D eigenvalue weighted by Crippen LogP contribution is 2.38. The van der Waals surface area contributed by atoms with E-state index >= 15 is 0 Å². The molecule has 2 aliphatic rings. The summed E-state index contributed by atoms with van der Waals surface area (Å²) in [5, 5.41) is 3.54. The molecule has 0 atom stereocenters. The van der Waals surface area contributed by atoms with Crippen LogP contribution in [-0.2, 0) is 16.0 Å². The van der Waals surface area contributed by atoms with Gasteiger partial charge >= 0.3 is 0 Å². The summed E-state index contributed by atoms with van der Waals surface area (Å²) in [6, 6.07) is 3.77. The van der Waals surface area contributed by atoms with Gasteiger partial charge in [0.25, 0.3) is 0 Å². The molecule has 0 spiro atoms. The van der Waals surface area contributed by atoms with Gasteiger partial charge in [-0.2, -0.15) is 0 Å². The summed E-state index contributed by atoms with van der Waals surface area (Å²) in [4.78, 5) is 12.5. The summed E-state index contributed by atoms with van der Waals surface area (Å²) >= 11 is 6.23. The van der Waals surface area contributed by atoms with Crippen molar-refractivity contribution in [2.75, 3.05) is 39.5 Å². The van der Waals surface area contributed by atoms with Gasteiger partial charge in [-0.3, -0.25) is 4.79 Å². The fourth-order valence-corrected chi connectivity index (χ4v) is 3.39. The van der Waals surface area contributed by atoms with Crippen molar-refractivity contribution >= 4 is 17.5 Å². The molecule has 0 radical (unpaired) electrons. The molecule has 1 aromatic carbocycles. The minimum atomic E-state index is -0.497. The summed E-state index contributed by atoms with van der Waals surface area (Å²) in [5.74, 6) is 1.27. The third-order valence-electron chi connectivity index (χ3n) is 4.68. The van der Waals surface area contributed by atoms with E-state index in [1.807, 2.05) is 12.1 Å². The molecular weight excluding hydrogens is 332 g/mol. The molecule has 1 aromatic rings. The molecule has 0 aliphatic carbocycles. The van der Waals surface area contributed by atoms with E-state index in [2.05, 4.69) is 5.32 Å². The first kappa shape index (κ1) is 17.3. The van der Waals surface area contributed by atoms with Crippen LogP contribution in [0.1, 0.15) is 18.4 Å². The van der Waals surface area contributed by atoms with Crippen molar-refractivity contribution in [3.05, 3.63) is 22.7 Å². The van der Waals surface area contributed by atoms with E-state index in [4.69, 9.17) is 31.5 Å². The van der Waals surface area contributed by atoms with Crippen molar-refractivity contribution in [3.63, 3.8) is 0 Å². The Morgan fingerprint density at radius 1 is 1.21 bits per heavy atom. The number of nitrogens with two attached hydrogens (primary N) is 1. The van der Waals surface area contributed by atoms with Crippen molar-refractivity contribution in [3.8, 4) is 11.5 Å². The van der Waals surface area contributed by atoms with Gasteiger partial charge in [-0.25, -0.2) is 0 Å². The van der Waals surface area contributed by atoms with Crippen LogP contribution >= 0.6 is 11.6 Å². The molecule has 7 heteroatoms. The van der Waals surface area contributed by atoms with Crippen molar-refractivity contribution in [2.45, 2.75) is 19.3 Å². The fourth-order valence-electron chi connectivity index (χ4n) is 3.10. The maximum absolute atomic E-state index is 12.5. The van der Waals surface area contributed by atoms with Crippen LogP contribution in [0.5, 0.6) is 11.5 Å². The highest BCUT2D eigenvalue weighted by molar-refractivity contribution is 6.32. The number of carbonyl (C=O) groups excluding carboxylic acids is 1. The Labute approximate surface area is 146 Å². The van der Waals surface area contributed by atoms with E-state index in [-0.39, 0.29) is 5.91 Å². The van der Waals surface area contributed by atoms with E-state index in [0.717, 1.165) is 5.56 Å². The number of carbonyl (C=O) groups is 1. The zero-order chi connectivity index (χ0) is 17.0. The lowest BCUT2D eigenvalue weighted by atomic mass is 9.79. The number of nitrogens with one attached hydrogen (secondary N) is 1. The number of fused-ring (bicyclic) bond motifs is 1. The minimum Gasteiger partial charge on any atom is -0.486 e. The normalized spacial score (nSPS) is 18.9. The molecule has 3 rings (SSSR count). The third-order valence-corrected chi connectivity index (χ3v) is 4.96. The fraction of sp³-hybridized carbons (Fsp3) is 0.588. The molecule has 0 saturated carbocycles. The lowest BCUT2D eigenvalue weighted by Crippen LogP contribution is -2.49. The molecule has 1 amide bonds. The summed E-state index contributed by atoms with van der Waals surface area (Å²) in [5.41, 5.74) is 6.36. The average Bonchev–Trinajstić information content (AvgIpc) is 2.62. The second-order valence-corrected chi connectivity index (χ2v) is 6.61. The summed E-state index contributed by atoms with van der Waals surface area (Å²) in [7, 11) is 0. The Kier molecular flexibility index (Phi) is 5.48. The lowest BCUT2D eigenvalue weighted by molar-refractivity contribution is -0.135. The molecule has 0 aromatic heterocycles. The molecule has 2 heterocycles. The molecule has 6 nitrogen and oxygen atoms in total. The standard InChI is InChI=1S/C17H23ClN2O4/c18-13-9-12(10-14-15(13)24-8-7-23-14)1-4-20-16(21)17(11-19)2-5-22-6-3-17/h9-10H,1-8,11,19H2,(H,20,21). The van der Waals surface area contributed by atoms with Crippen LogP contribution < -0.4 is 20.5 Å². The van der Waals surface area contributed by atoms with Crippen molar-refractivity contribution < 1.29 is 19.0 Å². The van der Waals surface area contributed by atoms with Crippen molar-refractivity contribution in [2.24, 2.45) is 11.1 Å². The maximum atomic E-state index is 12.5. The number of ether oxygens (including phenoxy) is 3. The van der Waals surface area contributed by atoms with Gasteiger partial charge in [0.15, 0.2) is 11.5 Å². The first-order valence-electron chi connectivity index (χ1n) is 8.29. The highest BCUT2D eigenvalue weighted by Gasteiger charge is 2.38. The van der Waals surface area contributed by atoms with Crippen molar-refractivity contribution in [1.82, 2.24) is 5.32 Å². The van der Waals surface area contributed by atoms with Gasteiger partial charge in [0, 0.05) is 26.3 Å². The van der Waals surface area contributed by atoms with Gasteiger partial charge in [0.1, 0.15) is 13.2 Å². The van der Waals surface area contributed by atoms with E-state index in [1.165, 1.54) is 0 Å². The van der Waals surface area contributed by atoms with Gasteiger partial charge in [-0.1, -0.05) is 11.6 Å². The molecular formula is C17H23ClN2O4. The Hall–Kier alpha value is -1.50. The minimum absolute atomic E-state index is 0.0111. The first-order chi connectivity index (χ1) is 11.6. The van der Waals surface area contributed by atoms with E-state index in [0.29, 0.717) is 75.3 Å². The topological polar surface area (TPSA) is 82.8 Å². The molecule has 132 valence electrons. The van der Waals surface area contributed by atoms with Gasteiger partial charge in [-0.15, -0.1) is 0 Å². The van der Waals surface area contributed by atoms with Crippen LogP contribution in [0, 0.1) is 5.41 Å². The Morgan fingerprint density at radius 2 is 1.96 bits per heavy atom. The Morgan fingerprint density at radius 3 is 2.71 bits per heavy atom. The smallest absolute Gasteiger partial charge is 0.227 e. The Bertz CT molecular complexity index is 602. The maximum Gasteiger partial charge on any atom is 0.227 e.